The largest absolute Gasteiger partial charge is 0.348 e. The van der Waals surface area contributed by atoms with Crippen LogP contribution in [-0.2, 0) is 0 Å². The Morgan fingerprint density at radius 1 is 1.05 bits per heavy atom. The van der Waals surface area contributed by atoms with Crippen molar-refractivity contribution in [1.82, 2.24) is 9.97 Å². The van der Waals surface area contributed by atoms with Crippen LogP contribution in [0.3, 0.4) is 0 Å². The predicted molar refractivity (Wildman–Crippen MR) is 74.7 cm³/mol. The van der Waals surface area contributed by atoms with Crippen LogP contribution in [0.2, 0.25) is 0 Å². The molecule has 4 heteroatoms. The van der Waals surface area contributed by atoms with Crippen molar-refractivity contribution in [2.75, 3.05) is 5.32 Å². The number of aromatic nitrogens is 2. The van der Waals surface area contributed by atoms with Crippen LogP contribution in [-0.4, -0.2) is 9.97 Å². The summed E-state index contributed by atoms with van der Waals surface area (Å²) in [5.41, 5.74) is 3.37. The predicted octanol–water partition coefficient (Wildman–Crippen LogP) is 3.71. The zero-order valence-electron chi connectivity index (χ0n) is 11.7. The van der Waals surface area contributed by atoms with E-state index in [-0.39, 0.29) is 11.9 Å². The minimum absolute atomic E-state index is 0.0284. The highest BCUT2D eigenvalue weighted by Crippen LogP contribution is 2.22. The van der Waals surface area contributed by atoms with E-state index in [4.69, 9.17) is 0 Å². The van der Waals surface area contributed by atoms with Gasteiger partial charge in [-0.2, -0.15) is 0 Å². The summed E-state index contributed by atoms with van der Waals surface area (Å²) in [5.74, 6) is 0.445. The molecule has 1 atom stereocenters. The fraction of sp³-hybridized carbons (Fsp3) is 0.333. The number of benzene rings is 1. The average Bonchev–Trinajstić information content (AvgIpc) is 2.38. The van der Waals surface area contributed by atoms with E-state index in [2.05, 4.69) is 15.3 Å². The standard InChI is InChI=1S/C15H18FN3/c1-9-7-17-15(18-8-9)19-12(4)13-5-10(2)14(16)11(3)6-13/h5-8,12H,1-4H3,(H,17,18,19). The number of aryl methyl sites for hydroxylation is 3. The van der Waals surface area contributed by atoms with E-state index in [1.165, 1.54) is 0 Å². The molecule has 2 rings (SSSR count). The lowest BCUT2D eigenvalue weighted by molar-refractivity contribution is 0.607. The molecule has 0 saturated heterocycles. The van der Waals surface area contributed by atoms with Gasteiger partial charge in [-0.1, -0.05) is 12.1 Å². The third kappa shape index (κ3) is 3.08. The molecule has 100 valence electrons. The minimum atomic E-state index is -0.137. The second kappa shape index (κ2) is 5.34. The summed E-state index contributed by atoms with van der Waals surface area (Å²) < 4.78 is 13.6. The number of nitrogens with one attached hydrogen (secondary N) is 1. The van der Waals surface area contributed by atoms with Crippen LogP contribution in [0.1, 0.15) is 35.2 Å². The SMILES string of the molecule is Cc1cnc(NC(C)c2cc(C)c(F)c(C)c2)nc1. The Labute approximate surface area is 112 Å². The number of anilines is 1. The highest BCUT2D eigenvalue weighted by Gasteiger charge is 2.11. The van der Waals surface area contributed by atoms with Crippen molar-refractivity contribution in [2.45, 2.75) is 33.7 Å². The molecule has 1 aromatic carbocycles. The number of hydrogen-bond donors (Lipinski definition) is 1. The Balaban J connectivity index is 2.20. The van der Waals surface area contributed by atoms with Gasteiger partial charge in [0.25, 0.3) is 0 Å². The Morgan fingerprint density at radius 2 is 1.58 bits per heavy atom. The quantitative estimate of drug-likeness (QED) is 0.913. The summed E-state index contributed by atoms with van der Waals surface area (Å²) in [5, 5.41) is 3.21. The van der Waals surface area contributed by atoms with Crippen LogP contribution in [0.15, 0.2) is 24.5 Å². The molecule has 0 bridgehead atoms. The molecule has 1 N–H and O–H groups in total. The second-order valence-electron chi connectivity index (χ2n) is 4.92. The van der Waals surface area contributed by atoms with Crippen molar-refractivity contribution < 1.29 is 4.39 Å². The number of nitrogens with zero attached hydrogens (tertiary/aromatic N) is 2. The van der Waals surface area contributed by atoms with Crippen molar-refractivity contribution in [2.24, 2.45) is 0 Å². The number of rotatable bonds is 3. The summed E-state index contributed by atoms with van der Waals surface area (Å²) in [6, 6.07) is 3.74. The van der Waals surface area contributed by atoms with E-state index in [1.807, 2.05) is 26.0 Å². The molecule has 0 amide bonds. The van der Waals surface area contributed by atoms with Crippen LogP contribution in [0.5, 0.6) is 0 Å². The molecular formula is C15H18FN3. The van der Waals surface area contributed by atoms with Gasteiger partial charge in [-0.15, -0.1) is 0 Å². The van der Waals surface area contributed by atoms with Crippen LogP contribution in [0.25, 0.3) is 0 Å². The van der Waals surface area contributed by atoms with E-state index in [0.29, 0.717) is 17.1 Å². The lowest BCUT2D eigenvalue weighted by Gasteiger charge is -2.16. The molecule has 3 nitrogen and oxygen atoms in total. The van der Waals surface area contributed by atoms with Gasteiger partial charge in [-0.3, -0.25) is 0 Å². The first-order valence-corrected chi connectivity index (χ1v) is 6.29. The van der Waals surface area contributed by atoms with Crippen molar-refractivity contribution in [3.05, 3.63) is 52.6 Å². The van der Waals surface area contributed by atoms with Gasteiger partial charge in [0.2, 0.25) is 5.95 Å². The number of hydrogen-bond acceptors (Lipinski definition) is 3. The number of halogens is 1. The highest BCUT2D eigenvalue weighted by atomic mass is 19.1. The summed E-state index contributed by atoms with van der Waals surface area (Å²) in [7, 11) is 0. The van der Waals surface area contributed by atoms with Gasteiger partial charge >= 0.3 is 0 Å². The minimum Gasteiger partial charge on any atom is -0.348 e. The van der Waals surface area contributed by atoms with Crippen LogP contribution in [0.4, 0.5) is 10.3 Å². The van der Waals surface area contributed by atoms with E-state index >= 15 is 0 Å². The molecule has 1 heterocycles. The first kappa shape index (κ1) is 13.5. The van der Waals surface area contributed by atoms with Gasteiger partial charge in [-0.05, 0) is 49.9 Å². The van der Waals surface area contributed by atoms with Crippen molar-refractivity contribution in [3.8, 4) is 0 Å². The summed E-state index contributed by atoms with van der Waals surface area (Å²) >= 11 is 0. The van der Waals surface area contributed by atoms with Crippen LogP contribution < -0.4 is 5.32 Å². The highest BCUT2D eigenvalue weighted by molar-refractivity contribution is 5.36. The molecule has 19 heavy (non-hydrogen) atoms. The van der Waals surface area contributed by atoms with Crippen LogP contribution in [0, 0.1) is 26.6 Å². The van der Waals surface area contributed by atoms with Gasteiger partial charge in [-0.25, -0.2) is 14.4 Å². The Hall–Kier alpha value is -1.97. The summed E-state index contributed by atoms with van der Waals surface area (Å²) in [6.07, 6.45) is 3.53. The van der Waals surface area contributed by atoms with Crippen molar-refractivity contribution >= 4 is 5.95 Å². The molecule has 0 aliphatic rings. The first-order valence-electron chi connectivity index (χ1n) is 6.29. The molecule has 0 spiro atoms. The van der Waals surface area contributed by atoms with Gasteiger partial charge in [0.1, 0.15) is 5.82 Å². The van der Waals surface area contributed by atoms with Crippen molar-refractivity contribution in [3.63, 3.8) is 0 Å². The van der Waals surface area contributed by atoms with Crippen molar-refractivity contribution in [1.29, 1.82) is 0 Å². The lowest BCUT2D eigenvalue weighted by atomic mass is 10.0. The third-order valence-corrected chi connectivity index (χ3v) is 3.09. The zero-order valence-corrected chi connectivity index (χ0v) is 11.7. The fourth-order valence-corrected chi connectivity index (χ4v) is 1.97. The maximum absolute atomic E-state index is 13.6. The normalized spacial score (nSPS) is 12.3. The Bertz CT molecular complexity index is 555. The lowest BCUT2D eigenvalue weighted by Crippen LogP contribution is -2.10. The molecule has 0 saturated carbocycles. The smallest absolute Gasteiger partial charge is 0.223 e. The van der Waals surface area contributed by atoms with Gasteiger partial charge < -0.3 is 5.32 Å². The average molecular weight is 259 g/mol. The van der Waals surface area contributed by atoms with E-state index < -0.39 is 0 Å². The molecular weight excluding hydrogens is 241 g/mol. The Morgan fingerprint density at radius 3 is 2.11 bits per heavy atom. The van der Waals surface area contributed by atoms with Gasteiger partial charge in [0.15, 0.2) is 0 Å². The second-order valence-corrected chi connectivity index (χ2v) is 4.92. The maximum atomic E-state index is 13.6. The fourth-order valence-electron chi connectivity index (χ4n) is 1.97. The third-order valence-electron chi connectivity index (χ3n) is 3.09. The van der Waals surface area contributed by atoms with Gasteiger partial charge in [0.05, 0.1) is 6.04 Å². The van der Waals surface area contributed by atoms with E-state index in [0.717, 1.165) is 11.1 Å². The molecule has 0 radical (unpaired) electrons. The molecule has 0 aliphatic carbocycles. The topological polar surface area (TPSA) is 37.8 Å². The maximum Gasteiger partial charge on any atom is 0.223 e. The molecule has 0 aliphatic heterocycles. The Kier molecular flexibility index (Phi) is 3.79. The van der Waals surface area contributed by atoms with E-state index in [1.54, 1.807) is 26.2 Å². The van der Waals surface area contributed by atoms with Gasteiger partial charge in [0, 0.05) is 12.4 Å². The molecule has 2 aromatic rings. The summed E-state index contributed by atoms with van der Waals surface area (Å²) in [4.78, 5) is 8.42. The van der Waals surface area contributed by atoms with E-state index in [9.17, 15) is 4.39 Å². The molecule has 1 aromatic heterocycles. The monoisotopic (exact) mass is 259 g/mol. The molecule has 1 unspecified atom stereocenters. The molecule has 0 fully saturated rings. The first-order chi connectivity index (χ1) is 8.97. The summed E-state index contributed by atoms with van der Waals surface area (Å²) in [6.45, 7) is 7.51. The van der Waals surface area contributed by atoms with Crippen LogP contribution >= 0.6 is 0 Å². The zero-order chi connectivity index (χ0) is 14.0.